The standard InChI is InChI=1S/C19H24F4O2/c20-17-15(12-14-4-1-2-5-14)8-9-16(18(17)25-19(21,22)23)24-11-10-13-6-3-7-13/h8-9,13-14H,1-7,10-12H2. The molecule has 2 saturated carbocycles. The van der Waals surface area contributed by atoms with Crippen molar-refractivity contribution in [1.29, 1.82) is 0 Å². The first-order chi connectivity index (χ1) is 11.9. The van der Waals surface area contributed by atoms with Gasteiger partial charge in [-0.2, -0.15) is 0 Å². The highest BCUT2D eigenvalue weighted by molar-refractivity contribution is 5.45. The van der Waals surface area contributed by atoms with E-state index in [4.69, 9.17) is 4.74 Å². The highest BCUT2D eigenvalue weighted by Gasteiger charge is 2.35. The van der Waals surface area contributed by atoms with Crippen molar-refractivity contribution in [1.82, 2.24) is 0 Å². The van der Waals surface area contributed by atoms with Crippen LogP contribution in [0.3, 0.4) is 0 Å². The van der Waals surface area contributed by atoms with Gasteiger partial charge in [-0.25, -0.2) is 4.39 Å². The normalized spacial score (nSPS) is 19.0. The van der Waals surface area contributed by atoms with Crippen molar-refractivity contribution in [3.05, 3.63) is 23.5 Å². The van der Waals surface area contributed by atoms with Gasteiger partial charge in [-0.3, -0.25) is 0 Å². The zero-order valence-corrected chi connectivity index (χ0v) is 14.2. The van der Waals surface area contributed by atoms with Crippen LogP contribution in [0.4, 0.5) is 17.6 Å². The second-order valence-electron chi connectivity index (χ2n) is 7.20. The third kappa shape index (κ3) is 5.02. The van der Waals surface area contributed by atoms with Crippen LogP contribution in [0.25, 0.3) is 0 Å². The number of alkyl halides is 3. The molecule has 0 atom stereocenters. The minimum Gasteiger partial charge on any atom is -0.490 e. The maximum Gasteiger partial charge on any atom is 0.573 e. The molecular weight excluding hydrogens is 336 g/mol. The summed E-state index contributed by atoms with van der Waals surface area (Å²) in [5.41, 5.74) is 0.275. The summed E-state index contributed by atoms with van der Waals surface area (Å²) in [7, 11) is 0. The zero-order valence-electron chi connectivity index (χ0n) is 14.2. The van der Waals surface area contributed by atoms with Crippen LogP contribution >= 0.6 is 0 Å². The van der Waals surface area contributed by atoms with E-state index in [0.717, 1.165) is 44.9 Å². The van der Waals surface area contributed by atoms with Gasteiger partial charge in [-0.1, -0.05) is 51.0 Å². The fraction of sp³-hybridized carbons (Fsp3) is 0.684. The fourth-order valence-corrected chi connectivity index (χ4v) is 3.70. The SMILES string of the molecule is Fc1c(CC2CCCC2)ccc(OCCC2CCC2)c1OC(F)(F)F. The molecule has 2 nitrogen and oxygen atoms in total. The number of halogens is 4. The van der Waals surface area contributed by atoms with Gasteiger partial charge in [0, 0.05) is 0 Å². The second kappa shape index (κ2) is 7.83. The van der Waals surface area contributed by atoms with Crippen LogP contribution < -0.4 is 9.47 Å². The summed E-state index contributed by atoms with van der Waals surface area (Å²) in [6, 6.07) is 2.95. The molecule has 0 spiro atoms. The third-order valence-corrected chi connectivity index (χ3v) is 5.35. The molecule has 3 rings (SSSR count). The minimum atomic E-state index is -4.95. The van der Waals surface area contributed by atoms with Gasteiger partial charge in [0.1, 0.15) is 0 Å². The molecular formula is C19H24F4O2. The summed E-state index contributed by atoms with van der Waals surface area (Å²) in [5.74, 6) is -1.02. The Balaban J connectivity index is 1.73. The van der Waals surface area contributed by atoms with Crippen molar-refractivity contribution in [2.45, 2.75) is 64.1 Å². The maximum atomic E-state index is 14.7. The minimum absolute atomic E-state index is 0.163. The van der Waals surface area contributed by atoms with Crippen LogP contribution in [0.1, 0.15) is 56.9 Å². The lowest BCUT2D eigenvalue weighted by Crippen LogP contribution is -2.20. The highest BCUT2D eigenvalue weighted by Crippen LogP contribution is 2.39. The predicted molar refractivity (Wildman–Crippen MR) is 86.2 cm³/mol. The smallest absolute Gasteiger partial charge is 0.490 e. The summed E-state index contributed by atoms with van der Waals surface area (Å²) >= 11 is 0. The Hall–Kier alpha value is -1.46. The van der Waals surface area contributed by atoms with Crippen LogP contribution in [0, 0.1) is 17.7 Å². The van der Waals surface area contributed by atoms with Crippen LogP contribution in [-0.4, -0.2) is 13.0 Å². The molecule has 0 amide bonds. The molecule has 6 heteroatoms. The van der Waals surface area contributed by atoms with E-state index in [-0.39, 0.29) is 17.9 Å². The molecule has 0 radical (unpaired) electrons. The molecule has 1 aromatic carbocycles. The molecule has 0 N–H and O–H groups in total. The van der Waals surface area contributed by atoms with E-state index < -0.39 is 17.9 Å². The lowest BCUT2D eigenvalue weighted by atomic mass is 9.83. The van der Waals surface area contributed by atoms with Gasteiger partial charge in [-0.15, -0.1) is 13.2 Å². The molecule has 0 bridgehead atoms. The Morgan fingerprint density at radius 1 is 0.960 bits per heavy atom. The van der Waals surface area contributed by atoms with Crippen molar-refractivity contribution < 1.29 is 27.0 Å². The van der Waals surface area contributed by atoms with E-state index in [1.54, 1.807) is 0 Å². The first-order valence-electron chi connectivity index (χ1n) is 9.12. The molecule has 25 heavy (non-hydrogen) atoms. The second-order valence-corrected chi connectivity index (χ2v) is 7.20. The first-order valence-corrected chi connectivity index (χ1v) is 9.12. The molecule has 0 unspecified atom stereocenters. The van der Waals surface area contributed by atoms with E-state index in [0.29, 0.717) is 18.3 Å². The summed E-state index contributed by atoms with van der Waals surface area (Å²) in [4.78, 5) is 0. The van der Waals surface area contributed by atoms with Gasteiger partial charge in [-0.05, 0) is 36.3 Å². The van der Waals surface area contributed by atoms with Gasteiger partial charge in [0.25, 0.3) is 0 Å². The van der Waals surface area contributed by atoms with Crippen molar-refractivity contribution >= 4 is 0 Å². The Kier molecular flexibility index (Phi) is 5.74. The Labute approximate surface area is 145 Å². The molecule has 0 aliphatic heterocycles. The quantitative estimate of drug-likeness (QED) is 0.553. The third-order valence-electron chi connectivity index (χ3n) is 5.35. The van der Waals surface area contributed by atoms with Crippen molar-refractivity contribution in [3.63, 3.8) is 0 Å². The summed E-state index contributed by atoms with van der Waals surface area (Å²) in [6.07, 6.45) is 3.91. The molecule has 2 aliphatic rings. The molecule has 1 aromatic rings. The maximum absolute atomic E-state index is 14.7. The number of ether oxygens (including phenoxy) is 2. The van der Waals surface area contributed by atoms with Crippen LogP contribution in [0.2, 0.25) is 0 Å². The van der Waals surface area contributed by atoms with Gasteiger partial charge < -0.3 is 9.47 Å². The van der Waals surface area contributed by atoms with E-state index in [1.165, 1.54) is 18.6 Å². The average Bonchev–Trinajstić information content (AvgIpc) is 2.99. The van der Waals surface area contributed by atoms with Gasteiger partial charge in [0.2, 0.25) is 5.75 Å². The van der Waals surface area contributed by atoms with Crippen molar-refractivity contribution in [2.24, 2.45) is 11.8 Å². The van der Waals surface area contributed by atoms with E-state index in [9.17, 15) is 17.6 Å². The lowest BCUT2D eigenvalue weighted by molar-refractivity contribution is -0.276. The van der Waals surface area contributed by atoms with Gasteiger partial charge in [0.15, 0.2) is 11.6 Å². The number of benzene rings is 1. The summed E-state index contributed by atoms with van der Waals surface area (Å²) < 4.78 is 62.2. The van der Waals surface area contributed by atoms with Crippen molar-refractivity contribution in [3.8, 4) is 11.5 Å². The van der Waals surface area contributed by atoms with E-state index in [1.807, 2.05) is 0 Å². The van der Waals surface area contributed by atoms with Crippen LogP contribution in [0.15, 0.2) is 12.1 Å². The van der Waals surface area contributed by atoms with Crippen molar-refractivity contribution in [2.75, 3.05) is 6.61 Å². The Bertz CT molecular complexity index is 576. The summed E-state index contributed by atoms with van der Waals surface area (Å²) in [5, 5.41) is 0. The number of rotatable bonds is 7. The first kappa shape index (κ1) is 18.3. The largest absolute Gasteiger partial charge is 0.573 e. The van der Waals surface area contributed by atoms with Crippen LogP contribution in [0.5, 0.6) is 11.5 Å². The van der Waals surface area contributed by atoms with Crippen LogP contribution in [-0.2, 0) is 6.42 Å². The van der Waals surface area contributed by atoms with E-state index in [2.05, 4.69) is 4.74 Å². The average molecular weight is 360 g/mol. The monoisotopic (exact) mass is 360 g/mol. The Morgan fingerprint density at radius 3 is 2.24 bits per heavy atom. The van der Waals surface area contributed by atoms with Gasteiger partial charge >= 0.3 is 6.36 Å². The highest BCUT2D eigenvalue weighted by atomic mass is 19.4. The fourth-order valence-electron chi connectivity index (χ4n) is 3.70. The molecule has 2 fully saturated rings. The molecule has 2 aliphatic carbocycles. The Morgan fingerprint density at radius 2 is 1.64 bits per heavy atom. The molecule has 140 valence electrons. The molecule has 0 saturated heterocycles. The van der Waals surface area contributed by atoms with E-state index >= 15 is 0 Å². The molecule has 0 heterocycles. The topological polar surface area (TPSA) is 18.5 Å². The number of hydrogen-bond donors (Lipinski definition) is 0. The zero-order chi connectivity index (χ0) is 17.9. The molecule has 0 aromatic heterocycles. The predicted octanol–water partition coefficient (Wildman–Crippen LogP) is 6.03. The lowest BCUT2D eigenvalue weighted by Gasteiger charge is -2.25. The summed E-state index contributed by atoms with van der Waals surface area (Å²) in [6.45, 7) is 0.278. The number of hydrogen-bond acceptors (Lipinski definition) is 2. The van der Waals surface area contributed by atoms with Gasteiger partial charge in [0.05, 0.1) is 6.61 Å².